The van der Waals surface area contributed by atoms with Gasteiger partial charge in [0.1, 0.15) is 11.2 Å². The predicted octanol–water partition coefficient (Wildman–Crippen LogP) is 6.92. The number of carboxylic acids is 1. The number of carboxylic acid groups (broad SMARTS) is 1. The van der Waals surface area contributed by atoms with Crippen molar-refractivity contribution in [3.05, 3.63) is 89.1 Å². The van der Waals surface area contributed by atoms with Gasteiger partial charge in [0.2, 0.25) is 5.91 Å². The molecule has 200 valence electrons. The smallest absolute Gasteiger partial charge is 0.319 e. The van der Waals surface area contributed by atoms with Crippen molar-refractivity contribution in [1.82, 2.24) is 14.9 Å². The average Bonchev–Trinajstić information content (AvgIpc) is 3.45. The molecule has 0 fully saturated rings. The lowest BCUT2D eigenvalue weighted by atomic mass is 9.80. The number of aliphatic carboxylic acids is 1. The average molecular weight is 543 g/mol. The van der Waals surface area contributed by atoms with Gasteiger partial charge in [0, 0.05) is 30.0 Å². The Morgan fingerprint density at radius 1 is 1.08 bits per heavy atom. The summed E-state index contributed by atoms with van der Waals surface area (Å²) in [5.41, 5.74) is 5.32. The molecular formula is C31H31ClN4O3. The molecule has 0 bridgehead atoms. The molecule has 1 aromatic heterocycles. The maximum absolute atomic E-state index is 13.3. The zero-order valence-electron chi connectivity index (χ0n) is 22.0. The van der Waals surface area contributed by atoms with Crippen molar-refractivity contribution in [3.63, 3.8) is 0 Å². The topological polar surface area (TPSA) is 98.3 Å². The summed E-state index contributed by atoms with van der Waals surface area (Å²) in [4.78, 5) is 35.0. The summed E-state index contributed by atoms with van der Waals surface area (Å²) in [6, 6.07) is 21.7. The Morgan fingerprint density at radius 3 is 2.56 bits per heavy atom. The summed E-state index contributed by atoms with van der Waals surface area (Å²) in [6.07, 6.45) is 2.97. The number of carbonyl (C=O) groups excluding carboxylic acids is 1. The van der Waals surface area contributed by atoms with E-state index in [1.54, 1.807) is 24.9 Å². The van der Waals surface area contributed by atoms with Crippen LogP contribution < -0.4 is 5.32 Å². The van der Waals surface area contributed by atoms with Crippen LogP contribution in [0.25, 0.3) is 22.6 Å². The third-order valence-corrected chi connectivity index (χ3v) is 8.07. The van der Waals surface area contributed by atoms with Crippen LogP contribution in [0, 0.1) is 5.41 Å². The number of nitrogens with one attached hydrogen (secondary N) is 2. The number of benzene rings is 3. The second-order valence-corrected chi connectivity index (χ2v) is 10.3. The first-order valence-corrected chi connectivity index (χ1v) is 13.5. The number of H-pyrrole nitrogens is 1. The molecule has 5 rings (SSSR count). The van der Waals surface area contributed by atoms with E-state index < -0.39 is 11.4 Å². The van der Waals surface area contributed by atoms with Gasteiger partial charge in [-0.3, -0.25) is 9.59 Å². The van der Waals surface area contributed by atoms with Crippen LogP contribution in [0.4, 0.5) is 11.4 Å². The van der Waals surface area contributed by atoms with E-state index in [1.807, 2.05) is 66.7 Å². The van der Waals surface area contributed by atoms with Crippen LogP contribution in [0.3, 0.4) is 0 Å². The Balaban J connectivity index is 1.38. The standard InChI is InChI=1S/C31H31ClN4O3/c1-3-31(4-2,30(38)39)29(37)36-16-15-23-21(19-36)11-8-12-26(23)34-22-13-14-25(32)24(17-22)28-33-18-27(35-28)20-9-6-5-7-10-20/h5-14,17-18,34H,3-4,15-16,19H2,1-2H3,(H,33,35)(H,38,39). The van der Waals surface area contributed by atoms with Crippen LogP contribution in [-0.4, -0.2) is 38.4 Å². The maximum Gasteiger partial charge on any atom is 0.319 e. The number of fused-ring (bicyclic) bond motifs is 1. The highest BCUT2D eigenvalue weighted by Gasteiger charge is 2.45. The van der Waals surface area contributed by atoms with E-state index in [0.717, 1.165) is 39.3 Å². The molecule has 0 saturated heterocycles. The Kier molecular flexibility index (Phi) is 7.44. The van der Waals surface area contributed by atoms with Crippen molar-refractivity contribution >= 4 is 34.9 Å². The van der Waals surface area contributed by atoms with Gasteiger partial charge in [0.15, 0.2) is 0 Å². The number of nitrogens with zero attached hydrogens (tertiary/aromatic N) is 2. The summed E-state index contributed by atoms with van der Waals surface area (Å²) in [6.45, 7) is 4.39. The van der Waals surface area contributed by atoms with Crippen molar-refractivity contribution in [2.24, 2.45) is 5.41 Å². The van der Waals surface area contributed by atoms with Crippen LogP contribution >= 0.6 is 11.6 Å². The van der Waals surface area contributed by atoms with Gasteiger partial charge >= 0.3 is 5.97 Å². The van der Waals surface area contributed by atoms with Crippen LogP contribution in [-0.2, 0) is 22.6 Å². The molecule has 0 saturated carbocycles. The molecule has 1 aliphatic rings. The summed E-state index contributed by atoms with van der Waals surface area (Å²) in [5.74, 6) is -0.676. The van der Waals surface area contributed by atoms with E-state index in [4.69, 9.17) is 11.6 Å². The van der Waals surface area contributed by atoms with Crippen LogP contribution in [0.5, 0.6) is 0 Å². The second-order valence-electron chi connectivity index (χ2n) is 9.85. The third-order valence-electron chi connectivity index (χ3n) is 7.74. The number of rotatable bonds is 8. The van der Waals surface area contributed by atoms with Crippen LogP contribution in [0.2, 0.25) is 5.02 Å². The number of hydrogen-bond acceptors (Lipinski definition) is 4. The quantitative estimate of drug-likeness (QED) is 0.210. The lowest BCUT2D eigenvalue weighted by Crippen LogP contribution is -2.49. The second kappa shape index (κ2) is 10.9. The minimum atomic E-state index is -1.38. The molecular weight excluding hydrogens is 512 g/mol. The van der Waals surface area contributed by atoms with E-state index in [9.17, 15) is 14.7 Å². The van der Waals surface area contributed by atoms with E-state index in [1.165, 1.54) is 0 Å². The van der Waals surface area contributed by atoms with Crippen molar-refractivity contribution in [3.8, 4) is 22.6 Å². The number of halogens is 1. The lowest BCUT2D eigenvalue weighted by Gasteiger charge is -2.36. The van der Waals surface area contributed by atoms with E-state index in [2.05, 4.69) is 15.3 Å². The number of carbonyl (C=O) groups is 2. The minimum Gasteiger partial charge on any atom is -0.480 e. The Bertz CT molecular complexity index is 1510. The fourth-order valence-electron chi connectivity index (χ4n) is 5.31. The molecule has 3 aromatic carbocycles. The van der Waals surface area contributed by atoms with Gasteiger partial charge in [-0.2, -0.15) is 0 Å². The van der Waals surface area contributed by atoms with Crippen LogP contribution in [0.1, 0.15) is 37.8 Å². The van der Waals surface area contributed by atoms with Gasteiger partial charge in [0.25, 0.3) is 0 Å². The highest BCUT2D eigenvalue weighted by Crippen LogP contribution is 2.36. The fraction of sp³-hybridized carbons (Fsp3) is 0.258. The molecule has 0 unspecified atom stereocenters. The first-order valence-electron chi connectivity index (χ1n) is 13.2. The fourth-order valence-corrected chi connectivity index (χ4v) is 5.52. The first kappa shape index (κ1) is 26.5. The minimum absolute atomic E-state index is 0.268. The van der Waals surface area contributed by atoms with Gasteiger partial charge in [-0.25, -0.2) is 4.98 Å². The van der Waals surface area contributed by atoms with E-state index in [-0.39, 0.29) is 18.7 Å². The van der Waals surface area contributed by atoms with Gasteiger partial charge in [-0.1, -0.05) is 67.9 Å². The maximum atomic E-state index is 13.3. The monoisotopic (exact) mass is 542 g/mol. The molecule has 0 spiro atoms. The number of aromatic nitrogens is 2. The molecule has 39 heavy (non-hydrogen) atoms. The SMILES string of the molecule is CCC(CC)(C(=O)O)C(=O)N1CCc2c(cccc2Nc2ccc(Cl)c(-c3ncc(-c4ccccc4)[nH]3)c2)C1. The molecule has 0 aliphatic carbocycles. The Morgan fingerprint density at radius 2 is 1.85 bits per heavy atom. The highest BCUT2D eigenvalue weighted by atomic mass is 35.5. The van der Waals surface area contributed by atoms with Gasteiger partial charge < -0.3 is 20.3 Å². The summed E-state index contributed by atoms with van der Waals surface area (Å²) in [7, 11) is 0. The number of anilines is 2. The molecule has 8 heteroatoms. The van der Waals surface area contributed by atoms with E-state index >= 15 is 0 Å². The van der Waals surface area contributed by atoms with E-state index in [0.29, 0.717) is 30.4 Å². The normalized spacial score (nSPS) is 13.2. The summed E-state index contributed by atoms with van der Waals surface area (Å²) >= 11 is 6.57. The van der Waals surface area contributed by atoms with Crippen molar-refractivity contribution in [2.75, 3.05) is 11.9 Å². The number of hydrogen-bond donors (Lipinski definition) is 3. The number of imidazole rings is 1. The van der Waals surface area contributed by atoms with Gasteiger partial charge in [-0.15, -0.1) is 0 Å². The molecule has 4 aromatic rings. The molecule has 7 nitrogen and oxygen atoms in total. The zero-order valence-corrected chi connectivity index (χ0v) is 22.8. The molecule has 1 aliphatic heterocycles. The number of amides is 1. The number of aromatic amines is 1. The first-order chi connectivity index (χ1) is 18.9. The third kappa shape index (κ3) is 5.02. The highest BCUT2D eigenvalue weighted by molar-refractivity contribution is 6.33. The summed E-state index contributed by atoms with van der Waals surface area (Å²) in [5, 5.41) is 14.0. The zero-order chi connectivity index (χ0) is 27.6. The predicted molar refractivity (Wildman–Crippen MR) is 154 cm³/mol. The molecule has 2 heterocycles. The largest absolute Gasteiger partial charge is 0.480 e. The van der Waals surface area contributed by atoms with Crippen molar-refractivity contribution in [1.29, 1.82) is 0 Å². The van der Waals surface area contributed by atoms with Crippen molar-refractivity contribution < 1.29 is 14.7 Å². The van der Waals surface area contributed by atoms with Gasteiger partial charge in [-0.05, 0) is 60.2 Å². The molecule has 3 N–H and O–H groups in total. The molecule has 1 amide bonds. The Hall–Kier alpha value is -4.10. The van der Waals surface area contributed by atoms with Crippen LogP contribution in [0.15, 0.2) is 72.9 Å². The lowest BCUT2D eigenvalue weighted by molar-refractivity contribution is -0.162. The Labute approximate surface area is 232 Å². The molecule has 0 atom stereocenters. The van der Waals surface area contributed by atoms with Crippen molar-refractivity contribution in [2.45, 2.75) is 39.7 Å². The molecule has 0 radical (unpaired) electrons. The van der Waals surface area contributed by atoms with Gasteiger partial charge in [0.05, 0.1) is 16.9 Å². The summed E-state index contributed by atoms with van der Waals surface area (Å²) < 4.78 is 0.